The van der Waals surface area contributed by atoms with Crippen LogP contribution in [0.1, 0.15) is 23.6 Å². The summed E-state index contributed by atoms with van der Waals surface area (Å²) in [5, 5.41) is 8.94. The third-order valence-electron chi connectivity index (χ3n) is 3.33. The summed E-state index contributed by atoms with van der Waals surface area (Å²) in [7, 11) is 0. The van der Waals surface area contributed by atoms with Crippen LogP contribution in [0.3, 0.4) is 0 Å². The molecule has 1 aromatic heterocycles. The molecule has 0 aliphatic heterocycles. The molecule has 0 atom stereocenters. The molecule has 0 saturated carbocycles. The summed E-state index contributed by atoms with van der Waals surface area (Å²) >= 11 is 1.76. The van der Waals surface area contributed by atoms with Crippen LogP contribution in [0.4, 0.5) is 10.1 Å². The molecule has 0 saturated heterocycles. The van der Waals surface area contributed by atoms with Crippen LogP contribution in [0.15, 0.2) is 41.4 Å². The number of thiophene rings is 1. The zero-order chi connectivity index (χ0) is 18.1. The number of guanidine groups is 1. The third kappa shape index (κ3) is 6.54. The van der Waals surface area contributed by atoms with Crippen LogP contribution >= 0.6 is 11.3 Å². The van der Waals surface area contributed by atoms with Crippen molar-refractivity contribution in [1.82, 2.24) is 10.6 Å². The van der Waals surface area contributed by atoms with Gasteiger partial charge in [-0.2, -0.15) is 0 Å². The quantitative estimate of drug-likeness (QED) is 0.524. The molecule has 134 valence electrons. The van der Waals surface area contributed by atoms with Gasteiger partial charge in [-0.05, 0) is 43.7 Å². The van der Waals surface area contributed by atoms with Gasteiger partial charge in [0.15, 0.2) is 5.96 Å². The molecular weight excluding hydrogens is 339 g/mol. The van der Waals surface area contributed by atoms with E-state index in [0.717, 1.165) is 6.42 Å². The van der Waals surface area contributed by atoms with E-state index in [4.69, 9.17) is 0 Å². The van der Waals surface area contributed by atoms with Crippen molar-refractivity contribution < 1.29 is 9.18 Å². The second-order valence-electron chi connectivity index (χ2n) is 5.33. The molecule has 0 aliphatic carbocycles. The minimum atomic E-state index is -0.390. The fraction of sp³-hybridized carbons (Fsp3) is 0.333. The molecule has 0 unspecified atom stereocenters. The van der Waals surface area contributed by atoms with E-state index < -0.39 is 5.82 Å². The number of nitrogens with zero attached hydrogens (tertiary/aromatic N) is 1. The molecule has 0 spiro atoms. The average Bonchev–Trinajstić information content (AvgIpc) is 3.05. The van der Waals surface area contributed by atoms with Crippen LogP contribution in [0, 0.1) is 5.82 Å². The van der Waals surface area contributed by atoms with Crippen molar-refractivity contribution >= 4 is 28.9 Å². The van der Waals surface area contributed by atoms with E-state index in [9.17, 15) is 9.18 Å². The molecule has 7 heteroatoms. The van der Waals surface area contributed by atoms with Crippen molar-refractivity contribution in [2.75, 3.05) is 18.4 Å². The predicted molar refractivity (Wildman–Crippen MR) is 102 cm³/mol. The Hall–Kier alpha value is -2.41. The second-order valence-corrected chi connectivity index (χ2v) is 6.58. The highest BCUT2D eigenvalue weighted by molar-refractivity contribution is 7.11. The van der Waals surface area contributed by atoms with Crippen LogP contribution < -0.4 is 16.0 Å². The number of hydrogen-bond acceptors (Lipinski definition) is 3. The molecule has 0 radical (unpaired) electrons. The molecule has 0 aliphatic rings. The summed E-state index contributed by atoms with van der Waals surface area (Å²) in [6.45, 7) is 5.40. The number of halogens is 1. The molecule has 1 amide bonds. The van der Waals surface area contributed by atoms with Crippen LogP contribution in [-0.2, 0) is 17.8 Å². The van der Waals surface area contributed by atoms with Crippen molar-refractivity contribution in [3.05, 3.63) is 52.0 Å². The standard InChI is InChI=1S/C18H23FN4OS/c1-3-15-8-9-16(25-15)11-21-18(20-4-2)22-12-17(24)23-14-7-5-6-13(19)10-14/h5-10H,3-4,11-12H2,1-2H3,(H,23,24)(H2,20,21,22). The number of hydrogen-bond donors (Lipinski definition) is 3. The number of amides is 1. The van der Waals surface area contributed by atoms with Gasteiger partial charge in [0, 0.05) is 22.0 Å². The van der Waals surface area contributed by atoms with Crippen molar-refractivity contribution in [2.45, 2.75) is 26.8 Å². The Balaban J connectivity index is 1.88. The number of carbonyl (C=O) groups excluding carboxylic acids is 1. The molecule has 25 heavy (non-hydrogen) atoms. The number of aryl methyl sites for hydroxylation is 1. The van der Waals surface area contributed by atoms with Crippen molar-refractivity contribution in [3.8, 4) is 0 Å². The number of aliphatic imine (C=N–C) groups is 1. The van der Waals surface area contributed by atoms with Gasteiger partial charge < -0.3 is 16.0 Å². The molecule has 1 heterocycles. The first-order chi connectivity index (χ1) is 12.1. The van der Waals surface area contributed by atoms with E-state index in [0.29, 0.717) is 24.7 Å². The first-order valence-corrected chi connectivity index (χ1v) is 9.07. The van der Waals surface area contributed by atoms with Gasteiger partial charge >= 0.3 is 0 Å². The van der Waals surface area contributed by atoms with E-state index in [1.807, 2.05) is 6.92 Å². The van der Waals surface area contributed by atoms with Gasteiger partial charge in [-0.3, -0.25) is 4.79 Å². The van der Waals surface area contributed by atoms with E-state index in [2.05, 4.69) is 40.0 Å². The molecular formula is C18H23FN4OS. The Morgan fingerprint density at radius 3 is 2.64 bits per heavy atom. The SMILES string of the molecule is CCNC(=NCC(=O)Nc1cccc(F)c1)NCc1ccc(CC)s1. The first kappa shape index (κ1) is 18.9. The van der Waals surface area contributed by atoms with Gasteiger partial charge in [0.05, 0.1) is 6.54 Å². The van der Waals surface area contributed by atoms with Crippen LogP contribution in [0.25, 0.3) is 0 Å². The second kappa shape index (κ2) is 9.78. The van der Waals surface area contributed by atoms with Crippen molar-refractivity contribution in [1.29, 1.82) is 0 Å². The number of carbonyl (C=O) groups is 1. The Labute approximate surface area is 151 Å². The fourth-order valence-electron chi connectivity index (χ4n) is 2.14. The van der Waals surface area contributed by atoms with Gasteiger partial charge in [0.1, 0.15) is 12.4 Å². The Bertz CT molecular complexity index is 729. The number of nitrogens with one attached hydrogen (secondary N) is 3. The van der Waals surface area contributed by atoms with Gasteiger partial charge in [-0.1, -0.05) is 13.0 Å². The highest BCUT2D eigenvalue weighted by Crippen LogP contribution is 2.16. The number of benzene rings is 1. The maximum atomic E-state index is 13.1. The summed E-state index contributed by atoms with van der Waals surface area (Å²) < 4.78 is 13.1. The molecule has 2 aromatic rings. The molecule has 0 fully saturated rings. The molecule has 3 N–H and O–H groups in total. The maximum Gasteiger partial charge on any atom is 0.246 e. The average molecular weight is 362 g/mol. The molecule has 5 nitrogen and oxygen atoms in total. The van der Waals surface area contributed by atoms with E-state index in [-0.39, 0.29) is 12.5 Å². The lowest BCUT2D eigenvalue weighted by Crippen LogP contribution is -2.37. The summed E-state index contributed by atoms with van der Waals surface area (Å²) in [4.78, 5) is 18.8. The van der Waals surface area contributed by atoms with Crippen LogP contribution in [-0.4, -0.2) is 25.0 Å². The predicted octanol–water partition coefficient (Wildman–Crippen LogP) is 3.14. The van der Waals surface area contributed by atoms with Gasteiger partial charge in [0.2, 0.25) is 5.91 Å². The largest absolute Gasteiger partial charge is 0.357 e. The van der Waals surface area contributed by atoms with Crippen LogP contribution in [0.5, 0.6) is 0 Å². The van der Waals surface area contributed by atoms with E-state index in [1.54, 1.807) is 23.5 Å². The summed E-state index contributed by atoms with van der Waals surface area (Å²) in [6.07, 6.45) is 1.03. The zero-order valence-electron chi connectivity index (χ0n) is 14.4. The van der Waals surface area contributed by atoms with Gasteiger partial charge in [0.25, 0.3) is 0 Å². The zero-order valence-corrected chi connectivity index (χ0v) is 15.3. The lowest BCUT2D eigenvalue weighted by molar-refractivity contribution is -0.114. The summed E-state index contributed by atoms with van der Waals surface area (Å²) in [5.41, 5.74) is 0.420. The smallest absolute Gasteiger partial charge is 0.246 e. The highest BCUT2D eigenvalue weighted by Gasteiger charge is 2.05. The number of rotatable bonds is 7. The lowest BCUT2D eigenvalue weighted by atomic mass is 10.3. The van der Waals surface area contributed by atoms with E-state index in [1.165, 1.54) is 21.9 Å². The Morgan fingerprint density at radius 2 is 1.96 bits per heavy atom. The maximum absolute atomic E-state index is 13.1. The monoisotopic (exact) mass is 362 g/mol. The summed E-state index contributed by atoms with van der Waals surface area (Å²) in [6, 6.07) is 10.00. The Kier molecular flexibility index (Phi) is 7.40. The highest BCUT2D eigenvalue weighted by atomic mass is 32.1. The number of anilines is 1. The first-order valence-electron chi connectivity index (χ1n) is 8.26. The third-order valence-corrected chi connectivity index (χ3v) is 4.56. The fourth-order valence-corrected chi connectivity index (χ4v) is 3.04. The van der Waals surface area contributed by atoms with Gasteiger partial charge in [-0.25, -0.2) is 9.38 Å². The molecule has 0 bridgehead atoms. The normalized spacial score (nSPS) is 11.2. The van der Waals surface area contributed by atoms with Crippen LogP contribution in [0.2, 0.25) is 0 Å². The minimum Gasteiger partial charge on any atom is -0.357 e. The molecule has 2 rings (SSSR count). The van der Waals surface area contributed by atoms with E-state index >= 15 is 0 Å². The minimum absolute atomic E-state index is 0.0451. The van der Waals surface area contributed by atoms with Crippen molar-refractivity contribution in [2.24, 2.45) is 4.99 Å². The molecule has 1 aromatic carbocycles. The van der Waals surface area contributed by atoms with Crippen molar-refractivity contribution in [3.63, 3.8) is 0 Å². The summed E-state index contributed by atoms with van der Waals surface area (Å²) in [5.74, 6) is -0.116. The lowest BCUT2D eigenvalue weighted by Gasteiger charge is -2.10. The topological polar surface area (TPSA) is 65.5 Å². The Morgan fingerprint density at radius 1 is 1.16 bits per heavy atom. The van der Waals surface area contributed by atoms with Gasteiger partial charge in [-0.15, -0.1) is 11.3 Å².